The minimum absolute atomic E-state index is 0.219. The Bertz CT molecular complexity index is 717. The fraction of sp³-hybridized carbons (Fsp3) is 0.133. The highest BCUT2D eigenvalue weighted by atomic mass is 79.9. The standard InChI is InChI=1S/C15H11BrCl3NO3/c1-22-13-3-2-9(6-11(13)18)20-14(21)7-23-15-10(16)4-8(17)5-12(15)19/h2-6H,7H2,1H3,(H,20,21). The van der Waals surface area contributed by atoms with E-state index in [1.807, 2.05) is 0 Å². The second-order valence-electron chi connectivity index (χ2n) is 4.38. The van der Waals surface area contributed by atoms with Gasteiger partial charge in [-0.05, 0) is 46.3 Å². The van der Waals surface area contributed by atoms with Gasteiger partial charge in [0.05, 0.1) is 21.6 Å². The summed E-state index contributed by atoms with van der Waals surface area (Å²) in [5.41, 5.74) is 0.533. The zero-order valence-corrected chi connectivity index (χ0v) is 15.7. The number of hydrogen-bond acceptors (Lipinski definition) is 3. The predicted octanol–water partition coefficient (Wildman–Crippen LogP) is 5.44. The second kappa shape index (κ2) is 8.11. The van der Waals surface area contributed by atoms with E-state index in [9.17, 15) is 4.79 Å². The Labute approximate surface area is 156 Å². The quantitative estimate of drug-likeness (QED) is 0.675. The van der Waals surface area contributed by atoms with Gasteiger partial charge in [0.15, 0.2) is 12.4 Å². The molecule has 23 heavy (non-hydrogen) atoms. The number of carbonyl (C=O) groups is 1. The van der Waals surface area contributed by atoms with Crippen LogP contribution in [0.4, 0.5) is 5.69 Å². The molecule has 0 bridgehead atoms. The van der Waals surface area contributed by atoms with Crippen molar-refractivity contribution in [1.29, 1.82) is 0 Å². The second-order valence-corrected chi connectivity index (χ2v) is 6.49. The third kappa shape index (κ3) is 4.91. The summed E-state index contributed by atoms with van der Waals surface area (Å²) in [6.45, 7) is -0.219. The number of methoxy groups -OCH3 is 1. The van der Waals surface area contributed by atoms with Crippen molar-refractivity contribution >= 4 is 62.3 Å². The van der Waals surface area contributed by atoms with Crippen LogP contribution in [0.15, 0.2) is 34.8 Å². The number of rotatable bonds is 5. The number of carbonyl (C=O) groups excluding carboxylic acids is 1. The summed E-state index contributed by atoms with van der Waals surface area (Å²) < 4.78 is 11.0. The van der Waals surface area contributed by atoms with E-state index in [1.54, 1.807) is 24.3 Å². The molecule has 0 fully saturated rings. The van der Waals surface area contributed by atoms with Crippen LogP contribution in [0, 0.1) is 0 Å². The van der Waals surface area contributed by atoms with Crippen LogP contribution in [0.2, 0.25) is 15.1 Å². The first kappa shape index (κ1) is 18.2. The molecule has 0 saturated heterocycles. The SMILES string of the molecule is COc1ccc(NC(=O)COc2c(Cl)cc(Cl)cc2Br)cc1Cl. The van der Waals surface area contributed by atoms with Crippen molar-refractivity contribution in [3.05, 3.63) is 49.9 Å². The number of hydrogen-bond donors (Lipinski definition) is 1. The maximum absolute atomic E-state index is 11.9. The molecule has 122 valence electrons. The Morgan fingerprint density at radius 1 is 1.17 bits per heavy atom. The number of amides is 1. The van der Waals surface area contributed by atoms with Crippen molar-refractivity contribution < 1.29 is 14.3 Å². The van der Waals surface area contributed by atoms with E-state index in [-0.39, 0.29) is 12.5 Å². The van der Waals surface area contributed by atoms with Crippen LogP contribution in [0.1, 0.15) is 0 Å². The van der Waals surface area contributed by atoms with Gasteiger partial charge in [-0.3, -0.25) is 4.79 Å². The van der Waals surface area contributed by atoms with Gasteiger partial charge in [-0.1, -0.05) is 34.8 Å². The van der Waals surface area contributed by atoms with E-state index in [0.29, 0.717) is 36.7 Å². The Balaban J connectivity index is 1.99. The fourth-order valence-electron chi connectivity index (χ4n) is 1.75. The summed E-state index contributed by atoms with van der Waals surface area (Å²) in [5.74, 6) is 0.515. The van der Waals surface area contributed by atoms with Crippen molar-refractivity contribution in [1.82, 2.24) is 0 Å². The molecule has 0 heterocycles. The van der Waals surface area contributed by atoms with Gasteiger partial charge in [0.2, 0.25) is 0 Å². The Morgan fingerprint density at radius 3 is 2.52 bits per heavy atom. The lowest BCUT2D eigenvalue weighted by Crippen LogP contribution is -2.20. The van der Waals surface area contributed by atoms with E-state index in [0.717, 1.165) is 0 Å². The monoisotopic (exact) mass is 437 g/mol. The highest BCUT2D eigenvalue weighted by Crippen LogP contribution is 2.36. The maximum atomic E-state index is 11.9. The minimum atomic E-state index is -0.357. The summed E-state index contributed by atoms with van der Waals surface area (Å²) >= 11 is 21.2. The summed E-state index contributed by atoms with van der Waals surface area (Å²) in [6, 6.07) is 8.08. The minimum Gasteiger partial charge on any atom is -0.495 e. The Hall–Kier alpha value is -1.14. The van der Waals surface area contributed by atoms with E-state index in [4.69, 9.17) is 44.3 Å². The lowest BCUT2D eigenvalue weighted by Gasteiger charge is -2.11. The van der Waals surface area contributed by atoms with Crippen molar-refractivity contribution in [2.75, 3.05) is 19.0 Å². The molecule has 4 nitrogen and oxygen atoms in total. The van der Waals surface area contributed by atoms with Gasteiger partial charge in [0.25, 0.3) is 5.91 Å². The van der Waals surface area contributed by atoms with Gasteiger partial charge < -0.3 is 14.8 Å². The van der Waals surface area contributed by atoms with Crippen molar-refractivity contribution in [2.45, 2.75) is 0 Å². The van der Waals surface area contributed by atoms with Crippen LogP contribution in [-0.2, 0) is 4.79 Å². The molecular formula is C15H11BrCl3NO3. The molecule has 0 saturated carbocycles. The predicted molar refractivity (Wildman–Crippen MR) is 96.3 cm³/mol. The molecule has 0 atom stereocenters. The highest BCUT2D eigenvalue weighted by molar-refractivity contribution is 9.10. The van der Waals surface area contributed by atoms with Gasteiger partial charge in [-0.2, -0.15) is 0 Å². The number of halogens is 4. The van der Waals surface area contributed by atoms with Crippen LogP contribution in [0.25, 0.3) is 0 Å². The number of anilines is 1. The van der Waals surface area contributed by atoms with Crippen molar-refractivity contribution in [3.63, 3.8) is 0 Å². The zero-order valence-electron chi connectivity index (χ0n) is 11.8. The van der Waals surface area contributed by atoms with E-state index in [1.165, 1.54) is 13.2 Å². The van der Waals surface area contributed by atoms with Crippen molar-refractivity contribution in [3.8, 4) is 11.5 Å². The highest BCUT2D eigenvalue weighted by Gasteiger charge is 2.12. The molecule has 2 rings (SSSR count). The molecule has 0 aliphatic rings. The Kier molecular flexibility index (Phi) is 6.41. The van der Waals surface area contributed by atoms with E-state index < -0.39 is 0 Å². The summed E-state index contributed by atoms with van der Waals surface area (Å²) in [4.78, 5) is 11.9. The molecule has 0 unspecified atom stereocenters. The van der Waals surface area contributed by atoms with Gasteiger partial charge in [0.1, 0.15) is 5.75 Å². The zero-order chi connectivity index (χ0) is 17.0. The van der Waals surface area contributed by atoms with Gasteiger partial charge in [-0.25, -0.2) is 0 Å². The van der Waals surface area contributed by atoms with Crippen LogP contribution in [0.3, 0.4) is 0 Å². The largest absolute Gasteiger partial charge is 0.495 e. The third-order valence-electron chi connectivity index (χ3n) is 2.75. The summed E-state index contributed by atoms with van der Waals surface area (Å²) in [5, 5.41) is 3.84. The average molecular weight is 440 g/mol. The first-order chi connectivity index (χ1) is 10.9. The average Bonchev–Trinajstić information content (AvgIpc) is 2.46. The Morgan fingerprint density at radius 2 is 1.91 bits per heavy atom. The normalized spacial score (nSPS) is 10.3. The molecule has 0 aromatic heterocycles. The molecule has 2 aromatic rings. The molecule has 0 radical (unpaired) electrons. The molecule has 0 aliphatic carbocycles. The van der Waals surface area contributed by atoms with Crippen LogP contribution in [-0.4, -0.2) is 19.6 Å². The molecule has 2 aromatic carbocycles. The van der Waals surface area contributed by atoms with Gasteiger partial charge in [0, 0.05) is 10.7 Å². The van der Waals surface area contributed by atoms with Gasteiger partial charge in [-0.15, -0.1) is 0 Å². The molecule has 8 heteroatoms. The van der Waals surface area contributed by atoms with Crippen molar-refractivity contribution in [2.24, 2.45) is 0 Å². The summed E-state index contributed by atoms with van der Waals surface area (Å²) in [6.07, 6.45) is 0. The lowest BCUT2D eigenvalue weighted by atomic mass is 10.3. The molecular weight excluding hydrogens is 428 g/mol. The molecule has 1 amide bonds. The molecule has 1 N–H and O–H groups in total. The van der Waals surface area contributed by atoms with E-state index >= 15 is 0 Å². The van der Waals surface area contributed by atoms with Gasteiger partial charge >= 0.3 is 0 Å². The number of nitrogens with one attached hydrogen (secondary N) is 1. The number of ether oxygens (including phenoxy) is 2. The number of benzene rings is 2. The fourth-order valence-corrected chi connectivity index (χ4v) is 3.37. The van der Waals surface area contributed by atoms with Crippen LogP contribution in [0.5, 0.6) is 11.5 Å². The van der Waals surface area contributed by atoms with Crippen LogP contribution < -0.4 is 14.8 Å². The first-order valence-corrected chi connectivity index (χ1v) is 8.24. The van der Waals surface area contributed by atoms with Crippen LogP contribution >= 0.6 is 50.7 Å². The topological polar surface area (TPSA) is 47.6 Å². The lowest BCUT2D eigenvalue weighted by molar-refractivity contribution is -0.118. The third-order valence-corrected chi connectivity index (χ3v) is 4.13. The maximum Gasteiger partial charge on any atom is 0.262 e. The first-order valence-electron chi connectivity index (χ1n) is 6.31. The molecule has 0 aliphatic heterocycles. The van der Waals surface area contributed by atoms with E-state index in [2.05, 4.69) is 21.2 Å². The summed E-state index contributed by atoms with van der Waals surface area (Å²) in [7, 11) is 1.51. The molecule has 0 spiro atoms. The smallest absolute Gasteiger partial charge is 0.262 e.